The van der Waals surface area contributed by atoms with E-state index in [1.807, 2.05) is 0 Å². The molecule has 0 aromatic carbocycles. The molecular formula is C12H16O3. The first-order chi connectivity index (χ1) is 7.12. The third kappa shape index (κ3) is 0.605. The summed E-state index contributed by atoms with van der Waals surface area (Å²) in [6, 6.07) is 0. The molecule has 0 aromatic heterocycles. The van der Waals surface area contributed by atoms with E-state index >= 15 is 0 Å². The summed E-state index contributed by atoms with van der Waals surface area (Å²) < 4.78 is 18.5. The molecule has 8 atom stereocenters. The number of hydrogen-bond donors (Lipinski definition) is 0. The Bertz CT molecular complexity index is 332. The maximum atomic E-state index is 6.17. The van der Waals surface area contributed by atoms with Gasteiger partial charge in [0.2, 0.25) is 0 Å². The Morgan fingerprint density at radius 3 is 1.80 bits per heavy atom. The summed E-state index contributed by atoms with van der Waals surface area (Å²) in [4.78, 5) is 0. The fourth-order valence-electron chi connectivity index (χ4n) is 5.52. The largest absolute Gasteiger partial charge is 0.344 e. The molecule has 0 amide bonds. The third-order valence-corrected chi connectivity index (χ3v) is 5.67. The predicted octanol–water partition coefficient (Wildman–Crippen LogP) is 1.52. The van der Waals surface area contributed by atoms with E-state index in [-0.39, 0.29) is 11.6 Å². The summed E-state index contributed by atoms with van der Waals surface area (Å²) in [5.41, 5.74) is 0. The molecule has 0 bridgehead atoms. The van der Waals surface area contributed by atoms with Crippen LogP contribution >= 0.6 is 0 Å². The monoisotopic (exact) mass is 208 g/mol. The van der Waals surface area contributed by atoms with Gasteiger partial charge in [0.15, 0.2) is 11.6 Å². The van der Waals surface area contributed by atoms with Gasteiger partial charge in [0.05, 0.1) is 12.2 Å². The van der Waals surface area contributed by atoms with Gasteiger partial charge in [-0.05, 0) is 38.5 Å². The standard InChI is InChI=1S/C12H16O3/c1-11-7-5-3-4-6-8(7)12(2,15-11)14-10(6)9(5)13-11/h5-10H,3-4H2,1-2H3/t5-,6+,7-,8-,9+,10-,11+,12-/m1/s1. The zero-order valence-corrected chi connectivity index (χ0v) is 9.10. The average molecular weight is 208 g/mol. The molecular weight excluding hydrogens is 192 g/mol. The Morgan fingerprint density at radius 2 is 1.33 bits per heavy atom. The third-order valence-electron chi connectivity index (χ3n) is 5.67. The normalized spacial score (nSPS) is 77.2. The molecule has 3 aliphatic heterocycles. The quantitative estimate of drug-likeness (QED) is 0.604. The lowest BCUT2D eigenvalue weighted by atomic mass is 9.57. The van der Waals surface area contributed by atoms with Crippen molar-refractivity contribution in [2.24, 2.45) is 23.7 Å². The molecule has 0 aromatic rings. The minimum atomic E-state index is -0.335. The topological polar surface area (TPSA) is 27.7 Å². The lowest BCUT2D eigenvalue weighted by Gasteiger charge is -2.43. The van der Waals surface area contributed by atoms with Crippen LogP contribution in [-0.2, 0) is 14.2 Å². The van der Waals surface area contributed by atoms with Gasteiger partial charge < -0.3 is 14.2 Å². The molecule has 3 nitrogen and oxygen atoms in total. The van der Waals surface area contributed by atoms with Gasteiger partial charge in [-0.15, -0.1) is 0 Å². The highest BCUT2D eigenvalue weighted by Gasteiger charge is 2.80. The summed E-state index contributed by atoms with van der Waals surface area (Å²) >= 11 is 0. The summed E-state index contributed by atoms with van der Waals surface area (Å²) in [5, 5.41) is 0. The van der Waals surface area contributed by atoms with Crippen LogP contribution in [-0.4, -0.2) is 23.8 Å². The zero-order chi connectivity index (χ0) is 10.00. The fourth-order valence-corrected chi connectivity index (χ4v) is 5.52. The molecule has 15 heavy (non-hydrogen) atoms. The molecule has 3 heteroatoms. The second-order valence-electron chi connectivity index (χ2n) is 6.26. The molecule has 4 rings (SSSR count). The van der Waals surface area contributed by atoms with Crippen molar-refractivity contribution in [1.29, 1.82) is 0 Å². The molecule has 4 fully saturated rings. The van der Waals surface area contributed by atoms with Gasteiger partial charge in [0.25, 0.3) is 0 Å². The highest BCUT2D eigenvalue weighted by molar-refractivity contribution is 5.21. The second-order valence-corrected chi connectivity index (χ2v) is 6.26. The van der Waals surface area contributed by atoms with Crippen LogP contribution < -0.4 is 0 Å². The van der Waals surface area contributed by atoms with Crippen LogP contribution in [0.25, 0.3) is 0 Å². The Morgan fingerprint density at radius 1 is 0.867 bits per heavy atom. The van der Waals surface area contributed by atoms with Crippen molar-refractivity contribution in [2.45, 2.75) is 50.5 Å². The van der Waals surface area contributed by atoms with E-state index < -0.39 is 0 Å². The van der Waals surface area contributed by atoms with Crippen molar-refractivity contribution < 1.29 is 14.2 Å². The maximum absolute atomic E-state index is 6.17. The van der Waals surface area contributed by atoms with Crippen LogP contribution in [0.15, 0.2) is 0 Å². The number of fused-ring (bicyclic) bond motifs is 8. The van der Waals surface area contributed by atoms with E-state index in [0.29, 0.717) is 35.9 Å². The summed E-state index contributed by atoms with van der Waals surface area (Å²) in [6.07, 6.45) is 3.32. The van der Waals surface area contributed by atoms with Crippen molar-refractivity contribution in [2.75, 3.05) is 0 Å². The second kappa shape index (κ2) is 1.89. The van der Waals surface area contributed by atoms with Gasteiger partial charge >= 0.3 is 0 Å². The van der Waals surface area contributed by atoms with Crippen molar-refractivity contribution >= 4 is 0 Å². The van der Waals surface area contributed by atoms with Gasteiger partial charge in [-0.1, -0.05) is 0 Å². The minimum Gasteiger partial charge on any atom is -0.344 e. The predicted molar refractivity (Wildman–Crippen MR) is 50.8 cm³/mol. The Labute approximate surface area is 89.1 Å². The molecule has 82 valence electrons. The molecule has 1 aliphatic carbocycles. The van der Waals surface area contributed by atoms with Crippen LogP contribution in [0.1, 0.15) is 26.7 Å². The van der Waals surface area contributed by atoms with Crippen LogP contribution in [0.5, 0.6) is 0 Å². The van der Waals surface area contributed by atoms with E-state index in [1.54, 1.807) is 0 Å². The lowest BCUT2D eigenvalue weighted by molar-refractivity contribution is -0.272. The highest BCUT2D eigenvalue weighted by Crippen LogP contribution is 2.72. The molecule has 0 radical (unpaired) electrons. The highest BCUT2D eigenvalue weighted by atomic mass is 16.8. The number of ether oxygens (including phenoxy) is 3. The first-order valence-corrected chi connectivity index (χ1v) is 6.18. The Kier molecular flexibility index (Phi) is 1.01. The van der Waals surface area contributed by atoms with E-state index in [9.17, 15) is 0 Å². The number of rotatable bonds is 0. The molecule has 0 spiro atoms. The van der Waals surface area contributed by atoms with Crippen LogP contribution in [0, 0.1) is 23.7 Å². The summed E-state index contributed by atoms with van der Waals surface area (Å²) in [5.74, 6) is 1.95. The van der Waals surface area contributed by atoms with Crippen LogP contribution in [0.4, 0.5) is 0 Å². The molecule has 1 saturated carbocycles. The molecule has 0 N–H and O–H groups in total. The van der Waals surface area contributed by atoms with Crippen molar-refractivity contribution in [3.05, 3.63) is 0 Å². The zero-order valence-electron chi connectivity index (χ0n) is 9.10. The van der Waals surface area contributed by atoms with Gasteiger partial charge in [-0.3, -0.25) is 0 Å². The first kappa shape index (κ1) is 8.04. The fraction of sp³-hybridized carbons (Fsp3) is 1.00. The minimum absolute atomic E-state index is 0.333. The maximum Gasteiger partial charge on any atom is 0.173 e. The average Bonchev–Trinajstić information content (AvgIpc) is 2.60. The van der Waals surface area contributed by atoms with E-state index in [2.05, 4.69) is 13.8 Å². The van der Waals surface area contributed by atoms with Gasteiger partial charge in [0.1, 0.15) is 0 Å². The number of hydrogen-bond acceptors (Lipinski definition) is 3. The van der Waals surface area contributed by atoms with Crippen LogP contribution in [0.2, 0.25) is 0 Å². The van der Waals surface area contributed by atoms with Gasteiger partial charge in [0, 0.05) is 11.8 Å². The van der Waals surface area contributed by atoms with E-state index in [0.717, 1.165) is 0 Å². The Balaban J connectivity index is 1.83. The smallest absolute Gasteiger partial charge is 0.173 e. The SMILES string of the molecule is C[C@@]12O[C@@H]3[C@H]4CC[C@H]5[C@@H]3O[C@@](C)(O1)[C@H]5[C@@H]42. The van der Waals surface area contributed by atoms with Crippen molar-refractivity contribution in [1.82, 2.24) is 0 Å². The van der Waals surface area contributed by atoms with Crippen molar-refractivity contribution in [3.63, 3.8) is 0 Å². The van der Waals surface area contributed by atoms with Crippen molar-refractivity contribution in [3.8, 4) is 0 Å². The molecule has 3 heterocycles. The lowest BCUT2D eigenvalue weighted by Crippen LogP contribution is -2.49. The summed E-state index contributed by atoms with van der Waals surface area (Å²) in [6.45, 7) is 4.25. The van der Waals surface area contributed by atoms with E-state index in [4.69, 9.17) is 14.2 Å². The van der Waals surface area contributed by atoms with Gasteiger partial charge in [-0.2, -0.15) is 0 Å². The first-order valence-electron chi connectivity index (χ1n) is 6.18. The molecule has 4 aliphatic rings. The summed E-state index contributed by atoms with van der Waals surface area (Å²) in [7, 11) is 0. The van der Waals surface area contributed by atoms with E-state index in [1.165, 1.54) is 12.8 Å². The molecule has 3 saturated heterocycles. The van der Waals surface area contributed by atoms with Crippen LogP contribution in [0.3, 0.4) is 0 Å². The molecule has 0 unspecified atom stereocenters. The van der Waals surface area contributed by atoms with Gasteiger partial charge in [-0.25, -0.2) is 0 Å². The Hall–Kier alpha value is -0.120.